The summed E-state index contributed by atoms with van der Waals surface area (Å²) in [5.41, 5.74) is 4.67. The first-order chi connectivity index (χ1) is 7.33. The fourth-order valence-electron chi connectivity index (χ4n) is 1.74. The van der Waals surface area contributed by atoms with Gasteiger partial charge in [-0.3, -0.25) is 9.69 Å². The Hall–Kier alpha value is -0.610. The summed E-state index contributed by atoms with van der Waals surface area (Å²) in [4.78, 5) is 13.2. The highest BCUT2D eigenvalue weighted by atomic mass is 16.4. The van der Waals surface area contributed by atoms with Crippen LogP contribution in [-0.2, 0) is 4.79 Å². The quantitative estimate of drug-likeness (QED) is 0.689. The maximum absolute atomic E-state index is 11.0. The fourth-order valence-corrected chi connectivity index (χ4v) is 1.74. The molecule has 16 heavy (non-hydrogen) atoms. The van der Waals surface area contributed by atoms with Crippen molar-refractivity contribution in [2.24, 2.45) is 11.7 Å². The summed E-state index contributed by atoms with van der Waals surface area (Å²) < 4.78 is 0. The topological polar surface area (TPSA) is 66.6 Å². The number of nitrogens with zero attached hydrogens (tertiary/aromatic N) is 1. The van der Waals surface area contributed by atoms with Crippen molar-refractivity contribution in [2.75, 3.05) is 13.1 Å². The van der Waals surface area contributed by atoms with Gasteiger partial charge in [-0.2, -0.15) is 0 Å². The Morgan fingerprint density at radius 2 is 2.12 bits per heavy atom. The normalized spacial score (nSPS) is 20.1. The van der Waals surface area contributed by atoms with E-state index in [9.17, 15) is 4.79 Å². The third-order valence-corrected chi connectivity index (χ3v) is 3.08. The lowest BCUT2D eigenvalue weighted by Gasteiger charge is -2.30. The molecule has 0 bridgehead atoms. The van der Waals surface area contributed by atoms with Crippen molar-refractivity contribution in [3.8, 4) is 0 Å². The average molecular weight is 228 g/mol. The molecule has 0 aliphatic heterocycles. The monoisotopic (exact) mass is 228 g/mol. The van der Waals surface area contributed by atoms with Gasteiger partial charge < -0.3 is 10.8 Å². The van der Waals surface area contributed by atoms with Gasteiger partial charge in [0, 0.05) is 12.6 Å². The van der Waals surface area contributed by atoms with E-state index < -0.39 is 11.5 Å². The molecule has 1 unspecified atom stereocenters. The number of nitrogens with two attached hydrogens (primary N) is 1. The minimum Gasteiger partial charge on any atom is -0.480 e. The van der Waals surface area contributed by atoms with Crippen LogP contribution in [0.25, 0.3) is 0 Å². The van der Waals surface area contributed by atoms with Gasteiger partial charge in [0.1, 0.15) is 5.54 Å². The van der Waals surface area contributed by atoms with Crippen LogP contribution in [0.3, 0.4) is 0 Å². The highest BCUT2D eigenvalue weighted by Gasteiger charge is 2.36. The second kappa shape index (κ2) is 5.15. The first kappa shape index (κ1) is 13.5. The number of carboxylic acids is 1. The van der Waals surface area contributed by atoms with Crippen LogP contribution in [0.5, 0.6) is 0 Å². The molecule has 1 atom stereocenters. The second-order valence-corrected chi connectivity index (χ2v) is 5.61. The first-order valence-electron chi connectivity index (χ1n) is 6.09. The molecule has 1 saturated carbocycles. The third kappa shape index (κ3) is 4.10. The summed E-state index contributed by atoms with van der Waals surface area (Å²) in [6, 6.07) is 0.570. The van der Waals surface area contributed by atoms with Crippen LogP contribution < -0.4 is 5.73 Å². The smallest absolute Gasteiger partial charge is 0.324 e. The van der Waals surface area contributed by atoms with E-state index >= 15 is 0 Å². The molecule has 4 nitrogen and oxygen atoms in total. The van der Waals surface area contributed by atoms with E-state index in [0.29, 0.717) is 18.5 Å². The van der Waals surface area contributed by atoms with Crippen molar-refractivity contribution >= 4 is 5.97 Å². The molecule has 1 fully saturated rings. The average Bonchev–Trinajstić information content (AvgIpc) is 2.94. The predicted octanol–water partition coefficient (Wildman–Crippen LogP) is 1.30. The van der Waals surface area contributed by atoms with Gasteiger partial charge in [-0.05, 0) is 38.6 Å². The molecular formula is C12H24N2O2. The molecule has 0 saturated heterocycles. The Kier molecular flexibility index (Phi) is 4.33. The van der Waals surface area contributed by atoms with E-state index in [4.69, 9.17) is 10.8 Å². The highest BCUT2D eigenvalue weighted by Crippen LogP contribution is 2.28. The lowest BCUT2D eigenvalue weighted by atomic mass is 10.0. The zero-order valence-corrected chi connectivity index (χ0v) is 10.6. The highest BCUT2D eigenvalue weighted by molar-refractivity contribution is 5.78. The van der Waals surface area contributed by atoms with E-state index in [0.717, 1.165) is 13.0 Å². The molecule has 0 heterocycles. The van der Waals surface area contributed by atoms with Crippen LogP contribution in [0.15, 0.2) is 0 Å². The Balaban J connectivity index is 2.47. The second-order valence-electron chi connectivity index (χ2n) is 5.61. The van der Waals surface area contributed by atoms with Gasteiger partial charge in [0.05, 0.1) is 0 Å². The molecule has 94 valence electrons. The molecule has 1 aliphatic carbocycles. The van der Waals surface area contributed by atoms with Crippen LogP contribution in [0.4, 0.5) is 0 Å². The van der Waals surface area contributed by atoms with Gasteiger partial charge in [-0.1, -0.05) is 13.8 Å². The number of rotatable bonds is 7. The summed E-state index contributed by atoms with van der Waals surface area (Å²) in [7, 11) is 0. The number of carbonyl (C=O) groups is 1. The van der Waals surface area contributed by atoms with Crippen molar-refractivity contribution in [3.63, 3.8) is 0 Å². The van der Waals surface area contributed by atoms with Crippen LogP contribution >= 0.6 is 0 Å². The molecule has 4 heteroatoms. The summed E-state index contributed by atoms with van der Waals surface area (Å²) >= 11 is 0. The Morgan fingerprint density at radius 1 is 1.56 bits per heavy atom. The lowest BCUT2D eigenvalue weighted by molar-refractivity contribution is -0.143. The van der Waals surface area contributed by atoms with Crippen molar-refractivity contribution < 1.29 is 9.90 Å². The maximum atomic E-state index is 11.0. The fraction of sp³-hybridized carbons (Fsp3) is 0.917. The third-order valence-electron chi connectivity index (χ3n) is 3.08. The number of hydrogen-bond donors (Lipinski definition) is 2. The predicted molar refractivity (Wildman–Crippen MR) is 64.3 cm³/mol. The molecule has 0 aromatic carbocycles. The standard InChI is InChI=1S/C12H24N2O2/c1-9(2)6-7-14(10-4-5-10)8-12(3,13)11(15)16/h9-10H,4-8,13H2,1-3H3,(H,15,16). The summed E-state index contributed by atoms with van der Waals surface area (Å²) in [6.07, 6.45) is 3.48. The van der Waals surface area contributed by atoms with Crippen LogP contribution in [0.2, 0.25) is 0 Å². The van der Waals surface area contributed by atoms with Gasteiger partial charge in [0.25, 0.3) is 0 Å². The van der Waals surface area contributed by atoms with Crippen molar-refractivity contribution in [3.05, 3.63) is 0 Å². The largest absolute Gasteiger partial charge is 0.480 e. The van der Waals surface area contributed by atoms with E-state index in [2.05, 4.69) is 18.7 Å². The molecule has 0 radical (unpaired) electrons. The van der Waals surface area contributed by atoms with E-state index in [1.807, 2.05) is 0 Å². The molecule has 0 aromatic rings. The van der Waals surface area contributed by atoms with Crippen LogP contribution in [-0.4, -0.2) is 40.6 Å². The lowest BCUT2D eigenvalue weighted by Crippen LogP contribution is -2.54. The number of aliphatic carboxylic acids is 1. The number of carboxylic acid groups (broad SMARTS) is 1. The Labute approximate surface area is 97.8 Å². The zero-order chi connectivity index (χ0) is 12.3. The Morgan fingerprint density at radius 3 is 2.50 bits per heavy atom. The molecule has 0 spiro atoms. The molecule has 0 aromatic heterocycles. The van der Waals surface area contributed by atoms with Crippen molar-refractivity contribution in [1.82, 2.24) is 4.90 Å². The summed E-state index contributed by atoms with van der Waals surface area (Å²) in [5, 5.41) is 9.02. The maximum Gasteiger partial charge on any atom is 0.324 e. The van der Waals surface area contributed by atoms with Gasteiger partial charge in [0.15, 0.2) is 0 Å². The molecule has 1 rings (SSSR count). The molecule has 0 amide bonds. The first-order valence-corrected chi connectivity index (χ1v) is 6.09. The van der Waals surface area contributed by atoms with Crippen molar-refractivity contribution in [2.45, 2.75) is 51.6 Å². The van der Waals surface area contributed by atoms with E-state index in [1.165, 1.54) is 12.8 Å². The molecular weight excluding hydrogens is 204 g/mol. The van der Waals surface area contributed by atoms with Gasteiger partial charge in [0.2, 0.25) is 0 Å². The summed E-state index contributed by atoms with van der Waals surface area (Å²) in [6.45, 7) is 7.38. The number of hydrogen-bond acceptors (Lipinski definition) is 3. The minimum absolute atomic E-state index is 0.458. The van der Waals surface area contributed by atoms with Crippen LogP contribution in [0.1, 0.15) is 40.0 Å². The summed E-state index contributed by atoms with van der Waals surface area (Å²) in [5.74, 6) is -0.266. The minimum atomic E-state index is -1.13. The SMILES string of the molecule is CC(C)CCN(CC(C)(N)C(=O)O)C1CC1. The van der Waals surface area contributed by atoms with Crippen molar-refractivity contribution in [1.29, 1.82) is 0 Å². The van der Waals surface area contributed by atoms with Gasteiger partial charge >= 0.3 is 5.97 Å². The molecule has 1 aliphatic rings. The van der Waals surface area contributed by atoms with E-state index in [-0.39, 0.29) is 0 Å². The van der Waals surface area contributed by atoms with Crippen LogP contribution in [0, 0.1) is 5.92 Å². The zero-order valence-electron chi connectivity index (χ0n) is 10.6. The van der Waals surface area contributed by atoms with E-state index in [1.54, 1.807) is 6.92 Å². The van der Waals surface area contributed by atoms with Gasteiger partial charge in [-0.15, -0.1) is 0 Å². The Bertz CT molecular complexity index is 247. The van der Waals surface area contributed by atoms with Gasteiger partial charge in [-0.25, -0.2) is 0 Å². The molecule has 3 N–H and O–H groups in total.